The molecule has 11 heavy (non-hydrogen) atoms. The molecule has 0 aromatic heterocycles. The van der Waals surface area contributed by atoms with Gasteiger partial charge in [0.25, 0.3) is 0 Å². The lowest BCUT2D eigenvalue weighted by Crippen LogP contribution is -2.43. The molecule has 1 rings (SSSR count). The number of hydrogen-bond acceptors (Lipinski definition) is 2. The van der Waals surface area contributed by atoms with Gasteiger partial charge in [-0.25, -0.2) is 0 Å². The minimum Gasteiger partial charge on any atom is -0.392 e. The third kappa shape index (κ3) is 1.57. The first-order valence-corrected chi connectivity index (χ1v) is 4.40. The van der Waals surface area contributed by atoms with Crippen LogP contribution in [0.5, 0.6) is 0 Å². The predicted octanol–water partition coefficient (Wildman–Crippen LogP) is 1.02. The van der Waals surface area contributed by atoms with Crippen molar-refractivity contribution >= 4 is 0 Å². The summed E-state index contributed by atoms with van der Waals surface area (Å²) in [6, 6.07) is 0. The van der Waals surface area contributed by atoms with Crippen molar-refractivity contribution in [2.45, 2.75) is 39.4 Å². The Balaban J connectivity index is 2.63. The van der Waals surface area contributed by atoms with Crippen LogP contribution in [0.4, 0.5) is 0 Å². The number of aliphatic hydroxyl groups is 2. The van der Waals surface area contributed by atoms with Gasteiger partial charge in [0, 0.05) is 5.92 Å². The molecule has 0 saturated heterocycles. The molecule has 0 aromatic rings. The van der Waals surface area contributed by atoms with E-state index in [4.69, 9.17) is 0 Å². The summed E-state index contributed by atoms with van der Waals surface area (Å²) in [7, 11) is 0. The topological polar surface area (TPSA) is 40.5 Å². The molecule has 1 fully saturated rings. The molecule has 1 aliphatic rings. The molecule has 0 heterocycles. The SMILES string of the molecule is CC1CC(C)C(O)C(C)C1O. The summed E-state index contributed by atoms with van der Waals surface area (Å²) in [5.74, 6) is 0.709. The Labute approximate surface area is 68.2 Å². The van der Waals surface area contributed by atoms with E-state index >= 15 is 0 Å². The maximum atomic E-state index is 9.57. The Morgan fingerprint density at radius 2 is 1.27 bits per heavy atom. The zero-order valence-corrected chi connectivity index (χ0v) is 7.49. The van der Waals surface area contributed by atoms with Crippen molar-refractivity contribution < 1.29 is 10.2 Å². The van der Waals surface area contributed by atoms with E-state index in [0.29, 0.717) is 11.8 Å². The first-order valence-electron chi connectivity index (χ1n) is 4.40. The van der Waals surface area contributed by atoms with Gasteiger partial charge in [-0.1, -0.05) is 20.8 Å². The molecule has 0 aromatic carbocycles. The molecule has 2 nitrogen and oxygen atoms in total. The minimum absolute atomic E-state index is 0.0359. The second-order valence-electron chi connectivity index (χ2n) is 4.03. The fourth-order valence-electron chi connectivity index (χ4n) is 2.10. The lowest BCUT2D eigenvalue weighted by atomic mass is 9.73. The summed E-state index contributed by atoms with van der Waals surface area (Å²) in [5.41, 5.74) is 0. The lowest BCUT2D eigenvalue weighted by Gasteiger charge is -2.38. The Hall–Kier alpha value is -0.0800. The highest BCUT2D eigenvalue weighted by Crippen LogP contribution is 2.33. The van der Waals surface area contributed by atoms with E-state index in [9.17, 15) is 10.2 Å². The van der Waals surface area contributed by atoms with Crippen LogP contribution in [0.25, 0.3) is 0 Å². The third-order valence-electron chi connectivity index (χ3n) is 2.99. The second-order valence-corrected chi connectivity index (χ2v) is 4.03. The van der Waals surface area contributed by atoms with Crippen LogP contribution >= 0.6 is 0 Å². The van der Waals surface area contributed by atoms with E-state index in [-0.39, 0.29) is 18.1 Å². The summed E-state index contributed by atoms with van der Waals surface area (Å²) < 4.78 is 0. The first kappa shape index (κ1) is 9.01. The van der Waals surface area contributed by atoms with E-state index in [1.807, 2.05) is 20.8 Å². The molecule has 2 N–H and O–H groups in total. The highest BCUT2D eigenvalue weighted by molar-refractivity contribution is 4.86. The average Bonchev–Trinajstić information content (AvgIpc) is 1.97. The largest absolute Gasteiger partial charge is 0.392 e. The molecular weight excluding hydrogens is 140 g/mol. The van der Waals surface area contributed by atoms with Crippen molar-refractivity contribution in [2.75, 3.05) is 0 Å². The van der Waals surface area contributed by atoms with Gasteiger partial charge in [0.15, 0.2) is 0 Å². The van der Waals surface area contributed by atoms with Crippen LogP contribution in [0.3, 0.4) is 0 Å². The van der Waals surface area contributed by atoms with Gasteiger partial charge in [-0.15, -0.1) is 0 Å². The summed E-state index contributed by atoms with van der Waals surface area (Å²) in [6.07, 6.45) is 0.301. The van der Waals surface area contributed by atoms with Gasteiger partial charge >= 0.3 is 0 Å². The fraction of sp³-hybridized carbons (Fsp3) is 1.00. The van der Waals surface area contributed by atoms with Crippen molar-refractivity contribution in [2.24, 2.45) is 17.8 Å². The van der Waals surface area contributed by atoms with Crippen molar-refractivity contribution in [3.8, 4) is 0 Å². The van der Waals surface area contributed by atoms with Gasteiger partial charge in [-0.2, -0.15) is 0 Å². The van der Waals surface area contributed by atoms with Crippen LogP contribution < -0.4 is 0 Å². The van der Waals surface area contributed by atoms with Gasteiger partial charge in [0.2, 0.25) is 0 Å². The van der Waals surface area contributed by atoms with Gasteiger partial charge < -0.3 is 10.2 Å². The number of rotatable bonds is 0. The quantitative estimate of drug-likeness (QED) is 0.552. The van der Waals surface area contributed by atoms with Crippen LogP contribution in [0.1, 0.15) is 27.2 Å². The molecule has 1 aliphatic carbocycles. The Morgan fingerprint density at radius 3 is 1.64 bits per heavy atom. The molecule has 4 unspecified atom stereocenters. The van der Waals surface area contributed by atoms with Crippen molar-refractivity contribution in [3.63, 3.8) is 0 Å². The van der Waals surface area contributed by atoms with Crippen LogP contribution in [-0.2, 0) is 0 Å². The van der Waals surface area contributed by atoms with E-state index < -0.39 is 0 Å². The summed E-state index contributed by atoms with van der Waals surface area (Å²) in [5, 5.41) is 19.1. The maximum Gasteiger partial charge on any atom is 0.0616 e. The highest BCUT2D eigenvalue weighted by Gasteiger charge is 2.36. The number of aliphatic hydroxyl groups excluding tert-OH is 2. The maximum absolute atomic E-state index is 9.57. The molecule has 1 saturated carbocycles. The van der Waals surface area contributed by atoms with Crippen LogP contribution in [0.2, 0.25) is 0 Å². The second kappa shape index (κ2) is 3.11. The standard InChI is InChI=1S/C9H18O2/c1-5-4-6(2)9(11)7(3)8(5)10/h5-11H,4H2,1-3H3. The zero-order chi connectivity index (χ0) is 8.59. The van der Waals surface area contributed by atoms with Gasteiger partial charge in [-0.3, -0.25) is 0 Å². The molecule has 2 heteroatoms. The van der Waals surface area contributed by atoms with E-state index in [2.05, 4.69) is 0 Å². The molecule has 0 radical (unpaired) electrons. The molecule has 0 spiro atoms. The van der Waals surface area contributed by atoms with E-state index in [1.165, 1.54) is 0 Å². The smallest absolute Gasteiger partial charge is 0.0616 e. The van der Waals surface area contributed by atoms with Crippen LogP contribution in [0, 0.1) is 17.8 Å². The monoisotopic (exact) mass is 158 g/mol. The lowest BCUT2D eigenvalue weighted by molar-refractivity contribution is -0.0720. The van der Waals surface area contributed by atoms with Gasteiger partial charge in [-0.05, 0) is 18.3 Å². The molecule has 4 atom stereocenters. The normalized spacial score (nSPS) is 52.6. The van der Waals surface area contributed by atoms with Gasteiger partial charge in [0.05, 0.1) is 12.2 Å². The number of hydrogen-bond donors (Lipinski definition) is 2. The van der Waals surface area contributed by atoms with Crippen molar-refractivity contribution in [1.29, 1.82) is 0 Å². The van der Waals surface area contributed by atoms with Gasteiger partial charge in [0.1, 0.15) is 0 Å². The molecular formula is C9H18O2. The minimum atomic E-state index is -0.318. The highest BCUT2D eigenvalue weighted by atomic mass is 16.3. The van der Waals surface area contributed by atoms with Crippen molar-refractivity contribution in [3.05, 3.63) is 0 Å². The first-order chi connectivity index (χ1) is 5.04. The third-order valence-corrected chi connectivity index (χ3v) is 2.99. The van der Waals surface area contributed by atoms with E-state index in [0.717, 1.165) is 6.42 Å². The molecule has 66 valence electrons. The van der Waals surface area contributed by atoms with Crippen molar-refractivity contribution in [1.82, 2.24) is 0 Å². The Morgan fingerprint density at radius 1 is 0.909 bits per heavy atom. The predicted molar refractivity (Wildman–Crippen MR) is 44.1 cm³/mol. The summed E-state index contributed by atoms with van der Waals surface area (Å²) in [6.45, 7) is 6.01. The zero-order valence-electron chi connectivity index (χ0n) is 7.49. The molecule has 0 bridgehead atoms. The van der Waals surface area contributed by atoms with Crippen LogP contribution in [-0.4, -0.2) is 22.4 Å². The fourth-order valence-corrected chi connectivity index (χ4v) is 2.10. The average molecular weight is 158 g/mol. The Bertz CT molecular complexity index is 122. The summed E-state index contributed by atoms with van der Waals surface area (Å²) in [4.78, 5) is 0. The molecule has 0 aliphatic heterocycles. The van der Waals surface area contributed by atoms with Crippen LogP contribution in [0.15, 0.2) is 0 Å². The summed E-state index contributed by atoms with van der Waals surface area (Å²) >= 11 is 0. The molecule has 0 amide bonds. The van der Waals surface area contributed by atoms with E-state index in [1.54, 1.807) is 0 Å². The Kier molecular flexibility index (Phi) is 2.55.